The maximum absolute atomic E-state index is 12.0. The average molecular weight is 348 g/mol. The lowest BCUT2D eigenvalue weighted by Crippen LogP contribution is -2.37. The van der Waals surface area contributed by atoms with Gasteiger partial charge in [0.05, 0.1) is 18.4 Å². The number of benzene rings is 1. The van der Waals surface area contributed by atoms with Gasteiger partial charge < -0.3 is 14.6 Å². The van der Waals surface area contributed by atoms with E-state index in [0.717, 1.165) is 11.3 Å². The summed E-state index contributed by atoms with van der Waals surface area (Å²) in [6, 6.07) is 7.82. The second-order valence-corrected chi connectivity index (χ2v) is 6.90. The minimum Gasteiger partial charge on any atom is -0.496 e. The second-order valence-electron chi connectivity index (χ2n) is 5.95. The number of carbonyl (C=O) groups is 1. The van der Waals surface area contributed by atoms with Crippen molar-refractivity contribution in [3.8, 4) is 17.1 Å². The van der Waals surface area contributed by atoms with Gasteiger partial charge in [-0.05, 0) is 25.0 Å². The molecule has 0 spiro atoms. The molecule has 0 saturated heterocycles. The van der Waals surface area contributed by atoms with E-state index in [-0.39, 0.29) is 11.9 Å². The van der Waals surface area contributed by atoms with Crippen LogP contribution in [0, 0.1) is 5.92 Å². The number of rotatable bonds is 7. The Morgan fingerprint density at radius 3 is 2.67 bits per heavy atom. The molecule has 0 bridgehead atoms. The fraction of sp³-hybridized carbons (Fsp3) is 0.471. The zero-order valence-electron chi connectivity index (χ0n) is 14.7. The maximum Gasteiger partial charge on any atom is 0.230 e. The lowest BCUT2D eigenvalue weighted by Gasteiger charge is -2.17. The standard InChI is InChI=1S/C17H24N4O2S/c1-11(2)12(3)18-15(22)10-24-17-20-19-16(21(17)4)13-8-6-7-9-14(13)23-5/h6-9,11-12H,10H2,1-5H3,(H,18,22). The van der Waals surface area contributed by atoms with Gasteiger partial charge >= 0.3 is 0 Å². The number of thioether (sulfide) groups is 1. The van der Waals surface area contributed by atoms with Crippen molar-refractivity contribution in [2.24, 2.45) is 13.0 Å². The summed E-state index contributed by atoms with van der Waals surface area (Å²) in [5, 5.41) is 12.1. The molecule has 0 aliphatic rings. The van der Waals surface area contributed by atoms with Crippen LogP contribution in [0.4, 0.5) is 0 Å². The van der Waals surface area contributed by atoms with Gasteiger partial charge in [-0.2, -0.15) is 0 Å². The molecule has 0 radical (unpaired) electrons. The van der Waals surface area contributed by atoms with E-state index in [1.165, 1.54) is 11.8 Å². The number of amides is 1. The summed E-state index contributed by atoms with van der Waals surface area (Å²) in [5.74, 6) is 2.18. The molecule has 1 aromatic heterocycles. The molecule has 1 unspecified atom stereocenters. The third-order valence-corrected chi connectivity index (χ3v) is 4.92. The van der Waals surface area contributed by atoms with Crippen LogP contribution in [0.5, 0.6) is 5.75 Å². The Labute approximate surface area is 147 Å². The average Bonchev–Trinajstić information content (AvgIpc) is 2.93. The molecule has 0 aliphatic heterocycles. The van der Waals surface area contributed by atoms with Crippen molar-refractivity contribution in [3.63, 3.8) is 0 Å². The van der Waals surface area contributed by atoms with Crippen molar-refractivity contribution in [2.75, 3.05) is 12.9 Å². The first-order chi connectivity index (χ1) is 11.4. The molecule has 1 amide bonds. The molecule has 6 nitrogen and oxygen atoms in total. The van der Waals surface area contributed by atoms with Crippen molar-refractivity contribution in [2.45, 2.75) is 32.0 Å². The van der Waals surface area contributed by atoms with Crippen LogP contribution in [0.3, 0.4) is 0 Å². The Hall–Kier alpha value is -2.02. The Morgan fingerprint density at radius 1 is 1.29 bits per heavy atom. The van der Waals surface area contributed by atoms with Gasteiger partial charge in [-0.1, -0.05) is 37.7 Å². The Bertz CT molecular complexity index is 700. The van der Waals surface area contributed by atoms with E-state index < -0.39 is 0 Å². The number of hydrogen-bond acceptors (Lipinski definition) is 5. The zero-order chi connectivity index (χ0) is 17.7. The third-order valence-electron chi connectivity index (χ3n) is 3.90. The van der Waals surface area contributed by atoms with Crippen LogP contribution in [0.25, 0.3) is 11.4 Å². The van der Waals surface area contributed by atoms with Crippen molar-refractivity contribution in [1.82, 2.24) is 20.1 Å². The number of hydrogen-bond donors (Lipinski definition) is 1. The van der Waals surface area contributed by atoms with E-state index in [2.05, 4.69) is 29.4 Å². The second kappa shape index (κ2) is 8.19. The largest absolute Gasteiger partial charge is 0.496 e. The van der Waals surface area contributed by atoms with Gasteiger partial charge in [-0.15, -0.1) is 10.2 Å². The summed E-state index contributed by atoms with van der Waals surface area (Å²) < 4.78 is 7.25. The Balaban J connectivity index is 2.07. The molecule has 1 aromatic carbocycles. The molecular weight excluding hydrogens is 324 g/mol. The van der Waals surface area contributed by atoms with E-state index >= 15 is 0 Å². The summed E-state index contributed by atoms with van der Waals surface area (Å²) in [4.78, 5) is 12.0. The number of aromatic nitrogens is 3. The molecule has 1 atom stereocenters. The fourth-order valence-electron chi connectivity index (χ4n) is 2.10. The number of carbonyl (C=O) groups excluding carboxylic acids is 1. The highest BCUT2D eigenvalue weighted by atomic mass is 32.2. The lowest BCUT2D eigenvalue weighted by molar-refractivity contribution is -0.119. The van der Waals surface area contributed by atoms with Crippen LogP contribution in [0.1, 0.15) is 20.8 Å². The van der Waals surface area contributed by atoms with Crippen LogP contribution in [0.15, 0.2) is 29.4 Å². The molecule has 2 rings (SSSR count). The number of para-hydroxylation sites is 1. The van der Waals surface area contributed by atoms with Gasteiger partial charge in [0.25, 0.3) is 0 Å². The highest BCUT2D eigenvalue weighted by Crippen LogP contribution is 2.29. The number of ether oxygens (including phenoxy) is 1. The third kappa shape index (κ3) is 4.29. The Morgan fingerprint density at radius 2 is 2.00 bits per heavy atom. The summed E-state index contributed by atoms with van der Waals surface area (Å²) in [7, 11) is 3.52. The fourth-order valence-corrected chi connectivity index (χ4v) is 2.82. The first-order valence-corrected chi connectivity index (χ1v) is 8.87. The van der Waals surface area contributed by atoms with Crippen LogP contribution >= 0.6 is 11.8 Å². The molecule has 1 N–H and O–H groups in total. The van der Waals surface area contributed by atoms with Gasteiger partial charge in [0.1, 0.15) is 5.75 Å². The topological polar surface area (TPSA) is 69.0 Å². The monoisotopic (exact) mass is 348 g/mol. The van der Waals surface area contributed by atoms with Crippen molar-refractivity contribution in [3.05, 3.63) is 24.3 Å². The van der Waals surface area contributed by atoms with E-state index in [9.17, 15) is 4.79 Å². The van der Waals surface area contributed by atoms with Crippen molar-refractivity contribution < 1.29 is 9.53 Å². The van der Waals surface area contributed by atoms with Gasteiger partial charge in [0.2, 0.25) is 5.91 Å². The highest BCUT2D eigenvalue weighted by molar-refractivity contribution is 7.99. The Kier molecular flexibility index (Phi) is 6.25. The minimum absolute atomic E-state index is 0.00282. The quantitative estimate of drug-likeness (QED) is 0.779. The number of nitrogens with zero attached hydrogens (tertiary/aromatic N) is 3. The minimum atomic E-state index is 0.00282. The summed E-state index contributed by atoms with van der Waals surface area (Å²) >= 11 is 1.37. The summed E-state index contributed by atoms with van der Waals surface area (Å²) in [6.45, 7) is 6.18. The number of methoxy groups -OCH3 is 1. The molecule has 24 heavy (non-hydrogen) atoms. The molecular formula is C17H24N4O2S. The maximum atomic E-state index is 12.0. The molecule has 2 aromatic rings. The molecule has 130 valence electrons. The molecule has 0 saturated carbocycles. The normalized spacial score (nSPS) is 12.2. The summed E-state index contributed by atoms with van der Waals surface area (Å²) in [5.41, 5.74) is 0.875. The lowest BCUT2D eigenvalue weighted by atomic mass is 10.1. The van der Waals surface area contributed by atoms with Gasteiger partial charge in [-0.3, -0.25) is 4.79 Å². The van der Waals surface area contributed by atoms with Crippen molar-refractivity contribution in [1.29, 1.82) is 0 Å². The SMILES string of the molecule is COc1ccccc1-c1nnc(SCC(=O)NC(C)C(C)C)n1C. The van der Waals surface area contributed by atoms with E-state index in [1.807, 2.05) is 42.8 Å². The van der Waals surface area contributed by atoms with Crippen LogP contribution in [-0.4, -0.2) is 39.6 Å². The smallest absolute Gasteiger partial charge is 0.230 e. The molecule has 1 heterocycles. The van der Waals surface area contributed by atoms with Gasteiger partial charge in [0.15, 0.2) is 11.0 Å². The first-order valence-electron chi connectivity index (χ1n) is 7.89. The van der Waals surface area contributed by atoms with Crippen LogP contribution in [0.2, 0.25) is 0 Å². The van der Waals surface area contributed by atoms with Gasteiger partial charge in [0, 0.05) is 13.1 Å². The molecule has 0 fully saturated rings. The van der Waals surface area contributed by atoms with E-state index in [0.29, 0.717) is 22.7 Å². The first kappa shape index (κ1) is 18.3. The summed E-state index contributed by atoms with van der Waals surface area (Å²) in [6.07, 6.45) is 0. The molecule has 0 aliphatic carbocycles. The van der Waals surface area contributed by atoms with E-state index in [1.54, 1.807) is 7.11 Å². The van der Waals surface area contributed by atoms with Crippen LogP contribution in [-0.2, 0) is 11.8 Å². The van der Waals surface area contributed by atoms with E-state index in [4.69, 9.17) is 4.74 Å². The van der Waals surface area contributed by atoms with Crippen molar-refractivity contribution >= 4 is 17.7 Å². The zero-order valence-corrected chi connectivity index (χ0v) is 15.6. The predicted molar refractivity (Wildman–Crippen MR) is 96.2 cm³/mol. The number of nitrogens with one attached hydrogen (secondary N) is 1. The molecule has 7 heteroatoms. The van der Waals surface area contributed by atoms with Gasteiger partial charge in [-0.25, -0.2) is 0 Å². The predicted octanol–water partition coefficient (Wildman–Crippen LogP) is 2.74. The van der Waals surface area contributed by atoms with Crippen LogP contribution < -0.4 is 10.1 Å². The highest BCUT2D eigenvalue weighted by Gasteiger charge is 2.16.